The minimum atomic E-state index is -0.613. The van der Waals surface area contributed by atoms with Crippen LogP contribution in [0.4, 0.5) is 26.0 Å². The van der Waals surface area contributed by atoms with Crippen molar-refractivity contribution in [2.45, 2.75) is 12.8 Å². The van der Waals surface area contributed by atoms with Gasteiger partial charge in [-0.15, -0.1) is 0 Å². The molecule has 2 heterocycles. The van der Waals surface area contributed by atoms with E-state index in [1.54, 1.807) is 7.11 Å². The number of nitrogens with zero attached hydrogens (tertiary/aromatic N) is 3. The first-order chi connectivity index (χ1) is 19.4. The van der Waals surface area contributed by atoms with Crippen molar-refractivity contribution in [3.8, 4) is 0 Å². The van der Waals surface area contributed by atoms with E-state index >= 15 is 0 Å². The van der Waals surface area contributed by atoms with Gasteiger partial charge in [-0.2, -0.15) is 5.10 Å². The highest BCUT2D eigenvalue weighted by molar-refractivity contribution is 6.11. The summed E-state index contributed by atoms with van der Waals surface area (Å²) in [5.41, 5.74) is 4.44. The van der Waals surface area contributed by atoms with E-state index in [1.165, 1.54) is 12.1 Å². The predicted octanol–water partition coefficient (Wildman–Crippen LogP) is 4.88. The Labute approximate surface area is 232 Å². The van der Waals surface area contributed by atoms with E-state index in [1.807, 2.05) is 36.4 Å². The summed E-state index contributed by atoms with van der Waals surface area (Å²) in [4.78, 5) is 18.1. The summed E-state index contributed by atoms with van der Waals surface area (Å²) < 4.78 is 32.5. The molecule has 3 aromatic carbocycles. The van der Waals surface area contributed by atoms with Crippen molar-refractivity contribution >= 4 is 34.0 Å². The van der Waals surface area contributed by atoms with E-state index in [-0.39, 0.29) is 5.91 Å². The molecule has 1 aliphatic heterocycles. The smallest absolute Gasteiger partial charge is 0.258 e. The zero-order valence-corrected chi connectivity index (χ0v) is 22.8. The van der Waals surface area contributed by atoms with Crippen LogP contribution in [0.15, 0.2) is 54.6 Å². The monoisotopic (exact) mass is 548 g/mol. The first-order valence-electron chi connectivity index (χ1n) is 13.4. The molecule has 1 amide bonds. The molecule has 1 aromatic heterocycles. The van der Waals surface area contributed by atoms with Gasteiger partial charge in [-0.1, -0.05) is 6.07 Å². The molecule has 4 aromatic rings. The number of ether oxygens (including phenoxy) is 1. The lowest BCUT2D eigenvalue weighted by Crippen LogP contribution is -2.44. The molecule has 0 saturated carbocycles. The van der Waals surface area contributed by atoms with Gasteiger partial charge in [0.15, 0.2) is 5.82 Å². The molecule has 210 valence electrons. The molecule has 1 fully saturated rings. The van der Waals surface area contributed by atoms with Crippen molar-refractivity contribution in [2.75, 3.05) is 69.0 Å². The molecular weight excluding hydrogens is 514 g/mol. The Bertz CT molecular complexity index is 1460. The standard InChI is InChI=1S/C30H34F2N6O2/c1-37-9-11-38(12-10-37)24-5-6-25(28(19-24)33-8-3-13-40-2)30(39)34-29-26-17-20(4-7-27(26)35-36-29)14-21-15-22(31)18-23(32)16-21/h4-7,15-19,33H,3,8-14H2,1-2H3,(H2,34,35,36,39). The lowest BCUT2D eigenvalue weighted by atomic mass is 10.0. The molecule has 8 nitrogen and oxygen atoms in total. The molecule has 5 rings (SSSR count). The lowest BCUT2D eigenvalue weighted by molar-refractivity contribution is 0.102. The zero-order valence-electron chi connectivity index (χ0n) is 22.8. The first-order valence-corrected chi connectivity index (χ1v) is 13.4. The van der Waals surface area contributed by atoms with Crippen LogP contribution in [0.2, 0.25) is 0 Å². The minimum absolute atomic E-state index is 0.287. The number of anilines is 3. The average Bonchev–Trinajstić information content (AvgIpc) is 3.32. The van der Waals surface area contributed by atoms with E-state index in [0.29, 0.717) is 41.9 Å². The van der Waals surface area contributed by atoms with Gasteiger partial charge in [-0.3, -0.25) is 9.89 Å². The molecule has 3 N–H and O–H groups in total. The number of aromatic nitrogens is 2. The molecule has 0 atom stereocenters. The molecule has 0 spiro atoms. The van der Waals surface area contributed by atoms with E-state index in [2.05, 4.69) is 37.7 Å². The van der Waals surface area contributed by atoms with Gasteiger partial charge in [0.25, 0.3) is 5.91 Å². The van der Waals surface area contributed by atoms with Gasteiger partial charge in [0, 0.05) is 69.3 Å². The van der Waals surface area contributed by atoms with Gasteiger partial charge in [-0.25, -0.2) is 8.78 Å². The summed E-state index contributed by atoms with van der Waals surface area (Å²) in [7, 11) is 3.79. The van der Waals surface area contributed by atoms with Crippen LogP contribution < -0.4 is 15.5 Å². The SMILES string of the molecule is COCCCNc1cc(N2CCN(C)CC2)ccc1C(=O)Nc1n[nH]c2ccc(Cc3cc(F)cc(F)c3)cc12. The van der Waals surface area contributed by atoms with Crippen molar-refractivity contribution in [3.05, 3.63) is 82.9 Å². The number of nitrogens with one attached hydrogen (secondary N) is 3. The quantitative estimate of drug-likeness (QED) is 0.245. The second-order valence-electron chi connectivity index (χ2n) is 10.2. The minimum Gasteiger partial charge on any atom is -0.385 e. The molecule has 0 bridgehead atoms. The van der Waals surface area contributed by atoms with Gasteiger partial charge in [0.2, 0.25) is 0 Å². The number of aromatic amines is 1. The predicted molar refractivity (Wildman–Crippen MR) is 154 cm³/mol. The number of benzene rings is 3. The highest BCUT2D eigenvalue weighted by Crippen LogP contribution is 2.28. The maximum Gasteiger partial charge on any atom is 0.258 e. The fourth-order valence-electron chi connectivity index (χ4n) is 4.97. The van der Waals surface area contributed by atoms with E-state index in [0.717, 1.165) is 61.1 Å². The number of hydrogen-bond donors (Lipinski definition) is 3. The number of carbonyl (C=O) groups is 1. The second kappa shape index (κ2) is 12.4. The van der Waals surface area contributed by atoms with Gasteiger partial charge in [-0.05, 0) is 73.5 Å². The van der Waals surface area contributed by atoms with Crippen molar-refractivity contribution in [3.63, 3.8) is 0 Å². The Balaban J connectivity index is 1.37. The van der Waals surface area contributed by atoms with Crippen LogP contribution in [0.25, 0.3) is 10.9 Å². The Morgan fingerprint density at radius 2 is 1.77 bits per heavy atom. The molecule has 40 heavy (non-hydrogen) atoms. The summed E-state index contributed by atoms with van der Waals surface area (Å²) >= 11 is 0. The Hall–Kier alpha value is -4.02. The van der Waals surface area contributed by atoms with Gasteiger partial charge >= 0.3 is 0 Å². The molecule has 0 aliphatic carbocycles. The van der Waals surface area contributed by atoms with Crippen LogP contribution in [-0.4, -0.2) is 74.5 Å². The number of halogens is 2. The Morgan fingerprint density at radius 1 is 1.00 bits per heavy atom. The van der Waals surface area contributed by atoms with Gasteiger partial charge in [0.1, 0.15) is 11.6 Å². The zero-order chi connectivity index (χ0) is 28.1. The van der Waals surface area contributed by atoms with Crippen LogP contribution in [0.1, 0.15) is 27.9 Å². The number of fused-ring (bicyclic) bond motifs is 1. The number of hydrogen-bond acceptors (Lipinski definition) is 6. The fraction of sp³-hybridized carbons (Fsp3) is 0.333. The van der Waals surface area contributed by atoms with Gasteiger partial charge < -0.3 is 25.2 Å². The summed E-state index contributed by atoms with van der Waals surface area (Å²) in [5.74, 6) is -1.12. The highest BCUT2D eigenvalue weighted by atomic mass is 19.1. The van der Waals surface area contributed by atoms with Crippen molar-refractivity contribution < 1.29 is 18.3 Å². The summed E-state index contributed by atoms with van der Waals surface area (Å²) in [5, 5.41) is 14.4. The third-order valence-corrected chi connectivity index (χ3v) is 7.15. The van der Waals surface area contributed by atoms with Crippen molar-refractivity contribution in [1.82, 2.24) is 15.1 Å². The van der Waals surface area contributed by atoms with Crippen molar-refractivity contribution in [1.29, 1.82) is 0 Å². The normalized spacial score (nSPS) is 14.1. The summed E-state index contributed by atoms with van der Waals surface area (Å²) in [6, 6.07) is 14.9. The summed E-state index contributed by atoms with van der Waals surface area (Å²) in [6.07, 6.45) is 1.14. The Morgan fingerprint density at radius 3 is 2.52 bits per heavy atom. The Kier molecular flexibility index (Phi) is 8.57. The van der Waals surface area contributed by atoms with Crippen LogP contribution >= 0.6 is 0 Å². The molecule has 1 saturated heterocycles. The van der Waals surface area contributed by atoms with E-state index < -0.39 is 11.6 Å². The number of H-pyrrole nitrogens is 1. The van der Waals surface area contributed by atoms with Crippen molar-refractivity contribution in [2.24, 2.45) is 0 Å². The number of rotatable bonds is 10. The highest BCUT2D eigenvalue weighted by Gasteiger charge is 2.19. The summed E-state index contributed by atoms with van der Waals surface area (Å²) in [6.45, 7) is 5.11. The van der Waals surface area contributed by atoms with Crippen LogP contribution in [0, 0.1) is 11.6 Å². The largest absolute Gasteiger partial charge is 0.385 e. The maximum absolute atomic E-state index is 13.7. The number of carbonyl (C=O) groups excluding carboxylic acids is 1. The molecule has 0 unspecified atom stereocenters. The number of methoxy groups -OCH3 is 1. The van der Waals surface area contributed by atoms with Crippen LogP contribution in [0.5, 0.6) is 0 Å². The van der Waals surface area contributed by atoms with E-state index in [4.69, 9.17) is 4.74 Å². The fourth-order valence-corrected chi connectivity index (χ4v) is 4.97. The lowest BCUT2D eigenvalue weighted by Gasteiger charge is -2.34. The average molecular weight is 549 g/mol. The van der Waals surface area contributed by atoms with Gasteiger partial charge in [0.05, 0.1) is 11.1 Å². The molecule has 10 heteroatoms. The first kappa shape index (κ1) is 27.5. The third kappa shape index (κ3) is 6.57. The molecule has 1 aliphatic rings. The molecule has 0 radical (unpaired) electrons. The topological polar surface area (TPSA) is 85.5 Å². The maximum atomic E-state index is 13.7. The van der Waals surface area contributed by atoms with E-state index in [9.17, 15) is 13.6 Å². The second-order valence-corrected chi connectivity index (χ2v) is 10.2. The number of amides is 1. The number of piperazine rings is 1. The number of likely N-dealkylation sites (N-methyl/N-ethyl adjacent to an activating group) is 1. The third-order valence-electron chi connectivity index (χ3n) is 7.15. The van der Waals surface area contributed by atoms with Crippen LogP contribution in [0.3, 0.4) is 0 Å². The van der Waals surface area contributed by atoms with Crippen LogP contribution in [-0.2, 0) is 11.2 Å². The molecular formula is C30H34F2N6O2.